The molecular formula is C12H14BrF3N2. The molecule has 6 heteroatoms. The Balaban J connectivity index is 0.000000771. The molecule has 0 unspecified atom stereocenters. The summed E-state index contributed by atoms with van der Waals surface area (Å²) in [6, 6.07) is 2.71. The van der Waals surface area contributed by atoms with Gasteiger partial charge in [-0.2, -0.15) is 18.3 Å². The Labute approximate surface area is 112 Å². The number of halogens is 4. The molecule has 0 bridgehead atoms. The van der Waals surface area contributed by atoms with Crippen molar-refractivity contribution in [3.05, 3.63) is 27.9 Å². The molecule has 18 heavy (non-hydrogen) atoms. The van der Waals surface area contributed by atoms with Crippen LogP contribution in [0.15, 0.2) is 16.6 Å². The summed E-state index contributed by atoms with van der Waals surface area (Å²) in [5, 5.41) is 4.17. The Morgan fingerprint density at radius 3 is 2.28 bits per heavy atom. The summed E-state index contributed by atoms with van der Waals surface area (Å²) in [4.78, 5) is 0. The van der Waals surface area contributed by atoms with E-state index in [0.717, 1.165) is 6.07 Å². The van der Waals surface area contributed by atoms with Gasteiger partial charge in [0.15, 0.2) is 0 Å². The molecular weight excluding hydrogens is 309 g/mol. The Bertz CT molecular complexity index is 558. The van der Waals surface area contributed by atoms with Crippen molar-refractivity contribution in [3.63, 3.8) is 0 Å². The number of aryl methyl sites for hydroxylation is 2. The van der Waals surface area contributed by atoms with Crippen molar-refractivity contribution >= 4 is 26.8 Å². The summed E-state index contributed by atoms with van der Waals surface area (Å²) in [6.07, 6.45) is -4.37. The molecule has 0 amide bonds. The molecule has 0 saturated heterocycles. The van der Waals surface area contributed by atoms with Crippen LogP contribution in [0.25, 0.3) is 10.9 Å². The third-order valence-electron chi connectivity index (χ3n) is 2.40. The molecule has 0 saturated carbocycles. The zero-order valence-electron chi connectivity index (χ0n) is 10.6. The van der Waals surface area contributed by atoms with Gasteiger partial charge in [-0.05, 0) is 19.1 Å². The van der Waals surface area contributed by atoms with Crippen LogP contribution in [0.3, 0.4) is 0 Å². The maximum absolute atomic E-state index is 12.8. The molecule has 2 rings (SSSR count). The number of alkyl halides is 3. The molecule has 0 N–H and O–H groups in total. The first-order valence-corrected chi connectivity index (χ1v) is 6.30. The van der Waals surface area contributed by atoms with Crippen molar-refractivity contribution in [1.82, 2.24) is 9.78 Å². The van der Waals surface area contributed by atoms with Crippen LogP contribution >= 0.6 is 15.9 Å². The van der Waals surface area contributed by atoms with E-state index < -0.39 is 11.7 Å². The molecule has 0 aliphatic heterocycles. The van der Waals surface area contributed by atoms with Crippen LogP contribution in [0.4, 0.5) is 13.2 Å². The van der Waals surface area contributed by atoms with Crippen LogP contribution < -0.4 is 0 Å². The largest absolute Gasteiger partial charge is 0.417 e. The third-order valence-corrected chi connectivity index (χ3v) is 2.86. The molecule has 0 fully saturated rings. The lowest BCUT2D eigenvalue weighted by Gasteiger charge is -2.09. The van der Waals surface area contributed by atoms with Crippen LogP contribution in [0.1, 0.15) is 25.1 Å². The van der Waals surface area contributed by atoms with Gasteiger partial charge in [-0.25, -0.2) is 0 Å². The van der Waals surface area contributed by atoms with Crippen LogP contribution in [-0.4, -0.2) is 9.78 Å². The Morgan fingerprint density at radius 2 is 1.78 bits per heavy atom. The van der Waals surface area contributed by atoms with Crippen LogP contribution in [0, 0.1) is 6.92 Å². The summed E-state index contributed by atoms with van der Waals surface area (Å²) in [7, 11) is 1.63. The van der Waals surface area contributed by atoms with Gasteiger partial charge in [0.05, 0.1) is 16.8 Å². The summed E-state index contributed by atoms with van der Waals surface area (Å²) in [5.41, 5.74) is 0.207. The van der Waals surface area contributed by atoms with E-state index >= 15 is 0 Å². The molecule has 0 aliphatic rings. The lowest BCUT2D eigenvalue weighted by molar-refractivity contribution is -0.136. The molecule has 2 nitrogen and oxygen atoms in total. The van der Waals surface area contributed by atoms with E-state index in [9.17, 15) is 13.2 Å². The van der Waals surface area contributed by atoms with Gasteiger partial charge in [0.25, 0.3) is 0 Å². The standard InChI is InChI=1S/C10H8BrF3N2.C2H6/c1-5-9-7(10(12,13)14)3-6(11)4-8(9)16(2)15-5;1-2/h3-4H,1-2H3;1-2H3. The lowest BCUT2D eigenvalue weighted by atomic mass is 10.1. The van der Waals surface area contributed by atoms with E-state index in [-0.39, 0.29) is 5.39 Å². The molecule has 2 aromatic rings. The minimum atomic E-state index is -4.37. The number of rotatable bonds is 0. The van der Waals surface area contributed by atoms with Gasteiger partial charge >= 0.3 is 6.18 Å². The van der Waals surface area contributed by atoms with Gasteiger partial charge in [-0.1, -0.05) is 29.8 Å². The third kappa shape index (κ3) is 2.68. The highest BCUT2D eigenvalue weighted by Gasteiger charge is 2.34. The number of hydrogen-bond acceptors (Lipinski definition) is 1. The Morgan fingerprint density at radius 1 is 1.22 bits per heavy atom. The number of aromatic nitrogens is 2. The van der Waals surface area contributed by atoms with Crippen molar-refractivity contribution < 1.29 is 13.2 Å². The van der Waals surface area contributed by atoms with Crippen molar-refractivity contribution in [1.29, 1.82) is 0 Å². The number of fused-ring (bicyclic) bond motifs is 1. The van der Waals surface area contributed by atoms with Gasteiger partial charge in [-0.3, -0.25) is 4.68 Å². The van der Waals surface area contributed by atoms with E-state index in [1.165, 1.54) is 4.68 Å². The van der Waals surface area contributed by atoms with Crippen LogP contribution in [0.2, 0.25) is 0 Å². The van der Waals surface area contributed by atoms with Crippen LogP contribution in [0.5, 0.6) is 0 Å². The predicted octanol–water partition coefficient (Wildman–Crippen LogP) is 4.69. The monoisotopic (exact) mass is 322 g/mol. The van der Waals surface area contributed by atoms with Crippen molar-refractivity contribution in [2.24, 2.45) is 7.05 Å². The number of benzene rings is 1. The fraction of sp³-hybridized carbons (Fsp3) is 0.417. The van der Waals surface area contributed by atoms with Gasteiger partial charge < -0.3 is 0 Å². The SMILES string of the molecule is CC.Cc1nn(C)c2cc(Br)cc(C(F)(F)F)c12. The van der Waals surface area contributed by atoms with E-state index in [4.69, 9.17) is 0 Å². The second kappa shape index (κ2) is 5.30. The molecule has 1 aromatic carbocycles. The maximum Gasteiger partial charge on any atom is 0.417 e. The van der Waals surface area contributed by atoms with Gasteiger partial charge in [-0.15, -0.1) is 0 Å². The molecule has 0 radical (unpaired) electrons. The van der Waals surface area contributed by atoms with Crippen molar-refractivity contribution in [2.75, 3.05) is 0 Å². The second-order valence-corrected chi connectivity index (χ2v) is 4.47. The fourth-order valence-electron chi connectivity index (χ4n) is 1.78. The summed E-state index contributed by atoms with van der Waals surface area (Å²) >= 11 is 3.08. The first-order valence-electron chi connectivity index (χ1n) is 5.51. The zero-order chi connectivity index (χ0) is 14.1. The first-order chi connectivity index (χ1) is 8.30. The van der Waals surface area contributed by atoms with E-state index in [0.29, 0.717) is 15.7 Å². The quantitative estimate of drug-likeness (QED) is 0.688. The predicted molar refractivity (Wildman–Crippen MR) is 69.5 cm³/mol. The molecule has 0 aliphatic carbocycles. The highest BCUT2D eigenvalue weighted by atomic mass is 79.9. The molecule has 1 aromatic heterocycles. The van der Waals surface area contributed by atoms with Crippen molar-refractivity contribution in [3.8, 4) is 0 Å². The van der Waals surface area contributed by atoms with E-state index in [2.05, 4.69) is 21.0 Å². The molecule has 1 heterocycles. The topological polar surface area (TPSA) is 17.8 Å². The fourth-order valence-corrected chi connectivity index (χ4v) is 2.23. The number of nitrogens with zero attached hydrogens (tertiary/aromatic N) is 2. The summed E-state index contributed by atoms with van der Waals surface area (Å²) in [5.74, 6) is 0. The Hall–Kier alpha value is -1.04. The average Bonchev–Trinajstić information content (AvgIpc) is 2.55. The molecule has 100 valence electrons. The number of hydrogen-bond donors (Lipinski definition) is 0. The molecule has 0 spiro atoms. The second-order valence-electron chi connectivity index (χ2n) is 3.55. The average molecular weight is 323 g/mol. The Kier molecular flexibility index (Phi) is 4.42. The van der Waals surface area contributed by atoms with Gasteiger partial charge in [0.1, 0.15) is 0 Å². The minimum absolute atomic E-state index is 0.165. The van der Waals surface area contributed by atoms with Gasteiger partial charge in [0, 0.05) is 16.9 Å². The van der Waals surface area contributed by atoms with E-state index in [1.807, 2.05) is 13.8 Å². The normalized spacial score (nSPS) is 11.3. The highest BCUT2D eigenvalue weighted by molar-refractivity contribution is 9.10. The lowest BCUT2D eigenvalue weighted by Crippen LogP contribution is -2.06. The smallest absolute Gasteiger partial charge is 0.268 e. The van der Waals surface area contributed by atoms with Crippen LogP contribution in [-0.2, 0) is 13.2 Å². The minimum Gasteiger partial charge on any atom is -0.268 e. The maximum atomic E-state index is 12.8. The summed E-state index contributed by atoms with van der Waals surface area (Å²) < 4.78 is 40.3. The summed E-state index contributed by atoms with van der Waals surface area (Å²) in [6.45, 7) is 5.57. The molecule has 0 atom stereocenters. The van der Waals surface area contributed by atoms with E-state index in [1.54, 1.807) is 20.0 Å². The van der Waals surface area contributed by atoms with Crippen molar-refractivity contribution in [2.45, 2.75) is 26.9 Å². The highest BCUT2D eigenvalue weighted by Crippen LogP contribution is 2.38. The van der Waals surface area contributed by atoms with Gasteiger partial charge in [0.2, 0.25) is 0 Å². The first kappa shape index (κ1) is 15.0. The zero-order valence-corrected chi connectivity index (χ0v) is 12.1.